The molecule has 0 radical (unpaired) electrons. The van der Waals surface area contributed by atoms with Crippen LogP contribution in [0.3, 0.4) is 0 Å². The average molecular weight is 484 g/mol. The van der Waals surface area contributed by atoms with E-state index >= 15 is 0 Å². The van der Waals surface area contributed by atoms with Crippen molar-refractivity contribution in [1.29, 1.82) is 0 Å². The zero-order chi connectivity index (χ0) is 24.8. The Morgan fingerprint density at radius 1 is 0.771 bits per heavy atom. The molecule has 3 aromatic rings. The van der Waals surface area contributed by atoms with Gasteiger partial charge in [0.1, 0.15) is 0 Å². The maximum absolute atomic E-state index is 12.3. The molecule has 0 aliphatic heterocycles. The third kappa shape index (κ3) is 7.13. The molecule has 0 saturated carbocycles. The standard InChI is InChI=1S/C32H38NOP/c1-3-5-19-28(4-2)32(34)33-26-17-6-7-18-27-35(29-20-11-8-12-21-29,30-22-13-9-14-23-30)31-24-15-10-16-25-31/h3-5,8-16,19-25,35H,2,6-7,17-18,26-27H2,1H3,(H,33,34)/b5-3-,28-19+. The Balaban J connectivity index is 1.67. The van der Waals surface area contributed by atoms with Crippen LogP contribution in [0.5, 0.6) is 0 Å². The van der Waals surface area contributed by atoms with Crippen LogP contribution >= 0.6 is 7.26 Å². The first-order chi connectivity index (χ1) is 17.2. The molecule has 0 unspecified atom stereocenters. The molecular formula is C32H38NOP. The van der Waals surface area contributed by atoms with E-state index in [0.29, 0.717) is 12.1 Å². The number of amides is 1. The number of hydrogen-bond donors (Lipinski definition) is 1. The molecule has 0 aliphatic rings. The molecule has 0 bridgehead atoms. The summed E-state index contributed by atoms with van der Waals surface area (Å²) in [4.78, 5) is 12.3. The fraction of sp³-hybridized carbons (Fsp3) is 0.219. The van der Waals surface area contributed by atoms with Gasteiger partial charge in [0.15, 0.2) is 0 Å². The van der Waals surface area contributed by atoms with E-state index in [1.165, 1.54) is 22.1 Å². The number of nitrogens with one attached hydrogen (secondary N) is 1. The summed E-state index contributed by atoms with van der Waals surface area (Å²) in [6, 6.07) is 33.3. The number of benzene rings is 3. The van der Waals surface area contributed by atoms with Gasteiger partial charge in [0, 0.05) is 0 Å². The van der Waals surface area contributed by atoms with Crippen molar-refractivity contribution in [2.45, 2.75) is 32.6 Å². The Morgan fingerprint density at radius 3 is 1.71 bits per heavy atom. The summed E-state index contributed by atoms with van der Waals surface area (Å²) in [7, 11) is -2.14. The first-order valence-electron chi connectivity index (χ1n) is 12.6. The number of rotatable bonds is 13. The van der Waals surface area contributed by atoms with E-state index in [1.807, 2.05) is 19.1 Å². The molecule has 0 fully saturated rings. The van der Waals surface area contributed by atoms with Gasteiger partial charge in [-0.05, 0) is 6.92 Å². The summed E-state index contributed by atoms with van der Waals surface area (Å²) >= 11 is 0. The fourth-order valence-corrected chi connectivity index (χ4v) is 9.64. The molecule has 0 heterocycles. The quantitative estimate of drug-likeness (QED) is 0.136. The zero-order valence-electron chi connectivity index (χ0n) is 20.8. The van der Waals surface area contributed by atoms with Crippen LogP contribution in [-0.2, 0) is 4.79 Å². The van der Waals surface area contributed by atoms with E-state index in [9.17, 15) is 4.79 Å². The van der Waals surface area contributed by atoms with Gasteiger partial charge in [-0.1, -0.05) is 0 Å². The number of carbonyl (C=O) groups excluding carboxylic acids is 1. The van der Waals surface area contributed by atoms with Gasteiger partial charge in [0.25, 0.3) is 0 Å². The van der Waals surface area contributed by atoms with Gasteiger partial charge >= 0.3 is 205 Å². The van der Waals surface area contributed by atoms with Crippen molar-refractivity contribution >= 4 is 29.1 Å². The summed E-state index contributed by atoms with van der Waals surface area (Å²) < 4.78 is 0. The third-order valence-corrected chi connectivity index (χ3v) is 11.6. The van der Waals surface area contributed by atoms with Crippen LogP contribution in [0.4, 0.5) is 0 Å². The minimum absolute atomic E-state index is 0.0539. The number of hydrogen-bond acceptors (Lipinski definition) is 1. The molecular weight excluding hydrogens is 445 g/mol. The Bertz CT molecular complexity index is 1010. The Morgan fingerprint density at radius 2 is 1.26 bits per heavy atom. The van der Waals surface area contributed by atoms with Gasteiger partial charge in [-0.25, -0.2) is 0 Å². The van der Waals surface area contributed by atoms with Gasteiger partial charge < -0.3 is 0 Å². The van der Waals surface area contributed by atoms with E-state index in [4.69, 9.17) is 0 Å². The maximum atomic E-state index is 12.3. The van der Waals surface area contributed by atoms with Crippen molar-refractivity contribution in [3.63, 3.8) is 0 Å². The number of unbranched alkanes of at least 4 members (excludes halogenated alkanes) is 3. The van der Waals surface area contributed by atoms with Crippen LogP contribution in [0.1, 0.15) is 32.6 Å². The molecule has 1 N–H and O–H groups in total. The van der Waals surface area contributed by atoms with Crippen molar-refractivity contribution in [1.82, 2.24) is 5.32 Å². The normalized spacial score (nSPS) is 12.4. The second-order valence-corrected chi connectivity index (χ2v) is 12.8. The second-order valence-electron chi connectivity index (χ2n) is 8.78. The van der Waals surface area contributed by atoms with Crippen LogP contribution in [0, 0.1) is 0 Å². The van der Waals surface area contributed by atoms with Crippen molar-refractivity contribution in [2.24, 2.45) is 0 Å². The topological polar surface area (TPSA) is 29.1 Å². The van der Waals surface area contributed by atoms with E-state index in [0.717, 1.165) is 25.7 Å². The second kappa shape index (κ2) is 14.2. The predicted molar refractivity (Wildman–Crippen MR) is 156 cm³/mol. The van der Waals surface area contributed by atoms with Gasteiger partial charge in [0.2, 0.25) is 0 Å². The van der Waals surface area contributed by atoms with Gasteiger partial charge in [-0.15, -0.1) is 0 Å². The van der Waals surface area contributed by atoms with Crippen molar-refractivity contribution in [3.05, 3.63) is 127 Å². The first-order valence-corrected chi connectivity index (χ1v) is 14.8. The molecule has 0 spiro atoms. The molecule has 0 atom stereocenters. The molecule has 3 heteroatoms. The van der Waals surface area contributed by atoms with Crippen LogP contribution in [0.15, 0.2) is 127 Å². The SMILES string of the molecule is C=C/C(=C\C=C/C)C(=O)NCCCCCC[PH](c1ccccc1)(c1ccccc1)c1ccccc1. The Kier molecular flexibility index (Phi) is 10.7. The number of carbonyl (C=O) groups is 1. The summed E-state index contributed by atoms with van der Waals surface area (Å²) in [6.07, 6.45) is 12.7. The van der Waals surface area contributed by atoms with Gasteiger partial charge in [-0.2, -0.15) is 0 Å². The summed E-state index contributed by atoms with van der Waals surface area (Å²) in [5.41, 5.74) is 0.604. The van der Waals surface area contributed by atoms with Crippen LogP contribution in [0.2, 0.25) is 0 Å². The molecule has 182 valence electrons. The van der Waals surface area contributed by atoms with Crippen molar-refractivity contribution in [2.75, 3.05) is 12.7 Å². The predicted octanol–water partition coefficient (Wildman–Crippen LogP) is 6.08. The van der Waals surface area contributed by atoms with Gasteiger partial charge in [-0.3, -0.25) is 0 Å². The Labute approximate surface area is 211 Å². The summed E-state index contributed by atoms with van der Waals surface area (Å²) in [5.74, 6) is -0.0539. The van der Waals surface area contributed by atoms with E-state index in [-0.39, 0.29) is 5.91 Å². The first kappa shape index (κ1) is 26.4. The molecule has 35 heavy (non-hydrogen) atoms. The van der Waals surface area contributed by atoms with E-state index in [1.54, 1.807) is 12.2 Å². The van der Waals surface area contributed by atoms with E-state index < -0.39 is 7.26 Å². The van der Waals surface area contributed by atoms with Crippen LogP contribution in [0.25, 0.3) is 0 Å². The summed E-state index contributed by atoms with van der Waals surface area (Å²) in [5, 5.41) is 7.43. The van der Waals surface area contributed by atoms with Crippen molar-refractivity contribution < 1.29 is 4.79 Å². The van der Waals surface area contributed by atoms with Crippen LogP contribution < -0.4 is 21.2 Å². The monoisotopic (exact) mass is 483 g/mol. The third-order valence-electron chi connectivity index (χ3n) is 6.51. The van der Waals surface area contributed by atoms with E-state index in [2.05, 4.69) is 103 Å². The average Bonchev–Trinajstić information content (AvgIpc) is 2.92. The van der Waals surface area contributed by atoms with Crippen molar-refractivity contribution in [3.8, 4) is 0 Å². The molecule has 3 aromatic carbocycles. The molecule has 3 rings (SSSR count). The summed E-state index contributed by atoms with van der Waals surface area (Å²) in [6.45, 7) is 6.37. The zero-order valence-corrected chi connectivity index (χ0v) is 21.8. The molecule has 0 aliphatic carbocycles. The molecule has 2 nitrogen and oxygen atoms in total. The number of allylic oxidation sites excluding steroid dienone is 3. The molecule has 0 saturated heterocycles. The molecule has 0 aromatic heterocycles. The van der Waals surface area contributed by atoms with Crippen LogP contribution in [-0.4, -0.2) is 18.6 Å². The van der Waals surface area contributed by atoms with Gasteiger partial charge in [0.05, 0.1) is 0 Å². The fourth-order valence-electron chi connectivity index (χ4n) is 4.71. The minimum atomic E-state index is -2.14. The molecule has 1 amide bonds. The Hall–Kier alpha value is -3.22.